The number of hydrogen-bond donors (Lipinski definition) is 3. The second kappa shape index (κ2) is 10.2. The summed E-state index contributed by atoms with van der Waals surface area (Å²) in [5, 5.41) is 5.35. The Morgan fingerprint density at radius 3 is 2.10 bits per heavy atom. The summed E-state index contributed by atoms with van der Waals surface area (Å²) in [7, 11) is 4.10. The average molecular weight is 329 g/mol. The first kappa shape index (κ1) is 21.7. The van der Waals surface area contributed by atoms with Crippen LogP contribution >= 0.6 is 24.8 Å². The molecule has 8 heteroatoms. The fourth-order valence-electron chi connectivity index (χ4n) is 2.39. The van der Waals surface area contributed by atoms with Crippen LogP contribution in [0.25, 0.3) is 0 Å². The fourth-order valence-corrected chi connectivity index (χ4v) is 2.39. The predicted molar refractivity (Wildman–Crippen MR) is 84.5 cm³/mol. The SMILES string of the molecule is CN(C)C1(CNC(=O)CNC(=O)CN)CCCC1.Cl.Cl. The van der Waals surface area contributed by atoms with Crippen LogP contribution in [0.5, 0.6) is 0 Å². The quantitative estimate of drug-likeness (QED) is 0.635. The lowest BCUT2D eigenvalue weighted by atomic mass is 9.96. The Hall–Kier alpha value is -0.560. The number of likely N-dealkylation sites (N-methyl/N-ethyl adjacent to an activating group) is 1. The Morgan fingerprint density at radius 2 is 1.65 bits per heavy atom. The lowest BCUT2D eigenvalue weighted by Gasteiger charge is -2.36. The van der Waals surface area contributed by atoms with Gasteiger partial charge in [-0.3, -0.25) is 9.59 Å². The van der Waals surface area contributed by atoms with Crippen LogP contribution in [0.2, 0.25) is 0 Å². The third kappa shape index (κ3) is 6.26. The zero-order valence-electron chi connectivity index (χ0n) is 12.1. The van der Waals surface area contributed by atoms with E-state index in [-0.39, 0.29) is 55.3 Å². The van der Waals surface area contributed by atoms with Gasteiger partial charge in [0.25, 0.3) is 0 Å². The van der Waals surface area contributed by atoms with Crippen LogP contribution in [-0.4, -0.2) is 56.0 Å². The molecule has 120 valence electrons. The molecule has 1 aliphatic rings. The van der Waals surface area contributed by atoms with Gasteiger partial charge in [-0.25, -0.2) is 0 Å². The fraction of sp³-hybridized carbons (Fsp3) is 0.833. The number of rotatable bonds is 6. The molecular weight excluding hydrogens is 303 g/mol. The minimum Gasteiger partial charge on any atom is -0.353 e. The molecule has 1 rings (SSSR count). The van der Waals surface area contributed by atoms with Crippen molar-refractivity contribution < 1.29 is 9.59 Å². The molecule has 1 aliphatic carbocycles. The Kier molecular flexibility index (Phi) is 11.1. The molecule has 0 aromatic carbocycles. The van der Waals surface area contributed by atoms with Gasteiger partial charge in [-0.2, -0.15) is 0 Å². The number of carbonyl (C=O) groups excluding carboxylic acids is 2. The zero-order valence-corrected chi connectivity index (χ0v) is 13.7. The van der Waals surface area contributed by atoms with Crippen LogP contribution in [0, 0.1) is 0 Å². The third-order valence-electron chi connectivity index (χ3n) is 3.73. The highest BCUT2D eigenvalue weighted by Gasteiger charge is 2.35. The zero-order chi connectivity index (χ0) is 13.6. The van der Waals surface area contributed by atoms with Gasteiger partial charge in [0.1, 0.15) is 0 Å². The van der Waals surface area contributed by atoms with Crippen molar-refractivity contribution in [2.45, 2.75) is 31.2 Å². The smallest absolute Gasteiger partial charge is 0.239 e. The van der Waals surface area contributed by atoms with E-state index < -0.39 is 0 Å². The van der Waals surface area contributed by atoms with Crippen molar-refractivity contribution in [2.24, 2.45) is 5.73 Å². The van der Waals surface area contributed by atoms with Crippen molar-refractivity contribution in [3.63, 3.8) is 0 Å². The van der Waals surface area contributed by atoms with Crippen molar-refractivity contribution in [3.8, 4) is 0 Å². The van der Waals surface area contributed by atoms with Gasteiger partial charge in [-0.1, -0.05) is 12.8 Å². The molecule has 0 atom stereocenters. The van der Waals surface area contributed by atoms with Gasteiger partial charge >= 0.3 is 0 Å². The first-order valence-corrected chi connectivity index (χ1v) is 6.41. The molecule has 20 heavy (non-hydrogen) atoms. The summed E-state index contributed by atoms with van der Waals surface area (Å²) in [6, 6.07) is 0. The van der Waals surface area contributed by atoms with Gasteiger partial charge in [-0.05, 0) is 26.9 Å². The maximum absolute atomic E-state index is 11.6. The van der Waals surface area contributed by atoms with Crippen molar-refractivity contribution >= 4 is 36.6 Å². The molecule has 1 saturated carbocycles. The van der Waals surface area contributed by atoms with Crippen LogP contribution in [0.4, 0.5) is 0 Å². The lowest BCUT2D eigenvalue weighted by molar-refractivity contribution is -0.125. The molecule has 0 saturated heterocycles. The first-order valence-electron chi connectivity index (χ1n) is 6.41. The van der Waals surface area contributed by atoms with Gasteiger partial charge in [0, 0.05) is 12.1 Å². The molecule has 1 fully saturated rings. The maximum Gasteiger partial charge on any atom is 0.239 e. The standard InChI is InChI=1S/C12H24N4O2.2ClH/c1-16(2)12(5-3-4-6-12)9-15-11(18)8-14-10(17)7-13;;/h3-9,13H2,1-2H3,(H,14,17)(H,15,18);2*1H. The average Bonchev–Trinajstić information content (AvgIpc) is 2.83. The normalized spacial score (nSPS) is 16.0. The number of amides is 2. The summed E-state index contributed by atoms with van der Waals surface area (Å²) in [5.41, 5.74) is 5.22. The molecule has 2 amide bonds. The van der Waals surface area contributed by atoms with Crippen LogP contribution in [0.1, 0.15) is 25.7 Å². The summed E-state index contributed by atoms with van der Waals surface area (Å²) in [4.78, 5) is 24.7. The van der Waals surface area contributed by atoms with E-state index in [1.54, 1.807) is 0 Å². The number of nitrogens with zero attached hydrogens (tertiary/aromatic N) is 1. The predicted octanol–water partition coefficient (Wildman–Crippen LogP) is -0.104. The van der Waals surface area contributed by atoms with E-state index >= 15 is 0 Å². The summed E-state index contributed by atoms with van der Waals surface area (Å²) in [5.74, 6) is -0.474. The largest absolute Gasteiger partial charge is 0.353 e. The van der Waals surface area contributed by atoms with Crippen LogP contribution in [0.3, 0.4) is 0 Å². The summed E-state index contributed by atoms with van der Waals surface area (Å²) in [6.07, 6.45) is 4.63. The number of carbonyl (C=O) groups is 2. The Bertz CT molecular complexity index is 308. The number of halogens is 2. The molecule has 0 unspecified atom stereocenters. The van der Waals surface area contributed by atoms with Gasteiger partial charge in [0.05, 0.1) is 13.1 Å². The van der Waals surface area contributed by atoms with Gasteiger partial charge in [0.15, 0.2) is 0 Å². The summed E-state index contributed by atoms with van der Waals surface area (Å²) >= 11 is 0. The number of hydrogen-bond acceptors (Lipinski definition) is 4. The Morgan fingerprint density at radius 1 is 1.10 bits per heavy atom. The van der Waals surface area contributed by atoms with E-state index in [0.29, 0.717) is 6.54 Å². The first-order chi connectivity index (χ1) is 8.50. The summed E-state index contributed by atoms with van der Waals surface area (Å²) < 4.78 is 0. The van der Waals surface area contributed by atoms with Crippen LogP contribution in [-0.2, 0) is 9.59 Å². The summed E-state index contributed by atoms with van der Waals surface area (Å²) in [6.45, 7) is 0.547. The monoisotopic (exact) mass is 328 g/mol. The van der Waals surface area contributed by atoms with E-state index in [9.17, 15) is 9.59 Å². The van der Waals surface area contributed by atoms with E-state index in [1.807, 2.05) is 14.1 Å². The number of nitrogens with two attached hydrogens (primary N) is 1. The van der Waals surface area contributed by atoms with Gasteiger partial charge in [0.2, 0.25) is 11.8 Å². The van der Waals surface area contributed by atoms with Crippen molar-refractivity contribution in [3.05, 3.63) is 0 Å². The van der Waals surface area contributed by atoms with Crippen molar-refractivity contribution in [2.75, 3.05) is 33.7 Å². The molecule has 0 aliphatic heterocycles. The highest BCUT2D eigenvalue weighted by Crippen LogP contribution is 2.32. The minimum atomic E-state index is -0.312. The van der Waals surface area contributed by atoms with Crippen LogP contribution in [0.15, 0.2) is 0 Å². The highest BCUT2D eigenvalue weighted by molar-refractivity contribution is 5.86. The third-order valence-corrected chi connectivity index (χ3v) is 3.73. The molecule has 0 aromatic rings. The second-order valence-corrected chi connectivity index (χ2v) is 5.08. The molecular formula is C12H26Cl2N4O2. The lowest BCUT2D eigenvalue weighted by Crippen LogP contribution is -2.52. The molecule has 0 aromatic heterocycles. The van der Waals surface area contributed by atoms with E-state index in [1.165, 1.54) is 12.8 Å². The molecule has 4 N–H and O–H groups in total. The molecule has 0 bridgehead atoms. The highest BCUT2D eigenvalue weighted by atomic mass is 35.5. The van der Waals surface area contributed by atoms with Crippen LogP contribution < -0.4 is 16.4 Å². The van der Waals surface area contributed by atoms with E-state index in [0.717, 1.165) is 12.8 Å². The topological polar surface area (TPSA) is 87.5 Å². The van der Waals surface area contributed by atoms with E-state index in [4.69, 9.17) is 5.73 Å². The second-order valence-electron chi connectivity index (χ2n) is 5.08. The maximum atomic E-state index is 11.6. The Balaban J connectivity index is 0. The van der Waals surface area contributed by atoms with Gasteiger partial charge in [-0.15, -0.1) is 24.8 Å². The number of nitrogens with one attached hydrogen (secondary N) is 2. The molecule has 0 heterocycles. The molecule has 0 spiro atoms. The molecule has 0 radical (unpaired) electrons. The minimum absolute atomic E-state index is 0. The van der Waals surface area contributed by atoms with E-state index in [2.05, 4.69) is 15.5 Å². The van der Waals surface area contributed by atoms with Gasteiger partial charge < -0.3 is 21.3 Å². The van der Waals surface area contributed by atoms with Crippen molar-refractivity contribution in [1.29, 1.82) is 0 Å². The Labute approximate surface area is 133 Å². The van der Waals surface area contributed by atoms with Crippen molar-refractivity contribution in [1.82, 2.24) is 15.5 Å². The molecule has 6 nitrogen and oxygen atoms in total.